The van der Waals surface area contributed by atoms with Crippen molar-refractivity contribution in [1.82, 2.24) is 25.0 Å². The van der Waals surface area contributed by atoms with E-state index in [9.17, 15) is 18.0 Å². The Morgan fingerprint density at radius 3 is 2.44 bits per heavy atom. The lowest BCUT2D eigenvalue weighted by molar-refractivity contribution is -0.213. The summed E-state index contributed by atoms with van der Waals surface area (Å²) in [5.74, 6) is -2.68. The molecule has 2 aliphatic rings. The van der Waals surface area contributed by atoms with Gasteiger partial charge < -0.3 is 9.88 Å². The van der Waals surface area contributed by atoms with Crippen molar-refractivity contribution >= 4 is 22.6 Å². The molecular weight excluding hydrogens is 459 g/mol. The van der Waals surface area contributed by atoms with Crippen molar-refractivity contribution in [2.75, 3.05) is 4.90 Å². The number of aromatic amines is 1. The average molecular weight is 474 g/mol. The van der Waals surface area contributed by atoms with Gasteiger partial charge in [0.15, 0.2) is 0 Å². The maximum Gasteiger partial charge on any atom is 0.505 e. The van der Waals surface area contributed by atoms with Crippen LogP contribution in [0.4, 0.5) is 27.6 Å². The number of hydrogen-bond acceptors (Lipinski definition) is 4. The highest BCUT2D eigenvalue weighted by atomic mass is 19.4. The zero-order chi connectivity index (χ0) is 23.8. The van der Waals surface area contributed by atoms with Crippen LogP contribution in [-0.2, 0) is 11.1 Å². The summed E-state index contributed by atoms with van der Waals surface area (Å²) in [6, 6.07) is 6.03. The number of aromatic nitrogens is 5. The Morgan fingerprint density at radius 2 is 1.79 bits per heavy atom. The highest BCUT2D eigenvalue weighted by Gasteiger charge is 2.56. The summed E-state index contributed by atoms with van der Waals surface area (Å²) in [7, 11) is 0. The van der Waals surface area contributed by atoms with Crippen molar-refractivity contribution < 1.29 is 26.7 Å². The van der Waals surface area contributed by atoms with Gasteiger partial charge in [-0.3, -0.25) is 4.79 Å². The first-order valence-electron chi connectivity index (χ1n) is 10.5. The Hall–Kier alpha value is -3.83. The average Bonchev–Trinajstić information content (AvgIpc) is 3.26. The summed E-state index contributed by atoms with van der Waals surface area (Å²) in [5, 5.41) is 6.35. The molecule has 1 saturated carbocycles. The molecule has 1 aliphatic heterocycles. The van der Waals surface area contributed by atoms with E-state index in [1.165, 1.54) is 11.2 Å². The van der Waals surface area contributed by atoms with Crippen LogP contribution in [0.3, 0.4) is 0 Å². The minimum Gasteiger partial charge on any atom is -0.345 e. The van der Waals surface area contributed by atoms with Gasteiger partial charge in [0, 0.05) is 16.8 Å². The van der Waals surface area contributed by atoms with Crippen molar-refractivity contribution in [3.63, 3.8) is 0 Å². The molecule has 1 saturated heterocycles. The largest absolute Gasteiger partial charge is 0.505 e. The van der Waals surface area contributed by atoms with Gasteiger partial charge in [-0.15, -0.1) is 18.3 Å². The summed E-state index contributed by atoms with van der Waals surface area (Å²) in [5.41, 5.74) is 1.01. The second-order valence-electron chi connectivity index (χ2n) is 8.49. The number of nitrogens with one attached hydrogen (secondary N) is 1. The lowest BCUT2D eigenvalue weighted by atomic mass is 9.78. The third-order valence-corrected chi connectivity index (χ3v) is 6.38. The van der Waals surface area contributed by atoms with E-state index >= 15 is 8.78 Å². The number of rotatable bonds is 4. The van der Waals surface area contributed by atoms with Gasteiger partial charge in [-0.2, -0.15) is 4.68 Å². The summed E-state index contributed by atoms with van der Waals surface area (Å²) in [6.45, 7) is 0. The predicted molar refractivity (Wildman–Crippen MR) is 109 cm³/mol. The Balaban J connectivity index is 1.41. The van der Waals surface area contributed by atoms with Crippen molar-refractivity contribution in [2.45, 2.75) is 25.2 Å². The first-order chi connectivity index (χ1) is 16.2. The predicted octanol–water partition coefficient (Wildman–Crippen LogP) is 4.69. The van der Waals surface area contributed by atoms with E-state index in [2.05, 4.69) is 20.3 Å². The molecule has 1 aliphatic carbocycles. The Labute approximate surface area is 188 Å². The number of nitrogens with zero attached hydrogens (tertiary/aromatic N) is 5. The first kappa shape index (κ1) is 20.8. The summed E-state index contributed by atoms with van der Waals surface area (Å²) < 4.78 is 68.7. The molecule has 2 aromatic carbocycles. The van der Waals surface area contributed by atoms with Gasteiger partial charge in [-0.05, 0) is 49.1 Å². The molecule has 7 nitrogen and oxygen atoms in total. The Kier molecular flexibility index (Phi) is 4.32. The molecule has 1 amide bonds. The molecule has 4 aromatic rings. The third kappa shape index (κ3) is 3.16. The van der Waals surface area contributed by atoms with Gasteiger partial charge in [0.05, 0.1) is 35.5 Å². The smallest absolute Gasteiger partial charge is 0.345 e. The molecule has 2 aromatic heterocycles. The molecule has 3 heterocycles. The van der Waals surface area contributed by atoms with Crippen LogP contribution in [0.1, 0.15) is 24.4 Å². The topological polar surface area (TPSA) is 79.7 Å². The number of fused-ring (bicyclic) bond motifs is 1. The van der Waals surface area contributed by atoms with Gasteiger partial charge in [0.25, 0.3) is 0 Å². The van der Waals surface area contributed by atoms with Crippen molar-refractivity contribution in [2.24, 2.45) is 11.8 Å². The molecule has 174 valence electrons. The normalized spacial score (nSPS) is 20.7. The summed E-state index contributed by atoms with van der Waals surface area (Å²) >= 11 is 0. The fraction of sp³-hybridized carbons (Fsp3) is 0.273. The number of hydrogen-bond donors (Lipinski definition) is 1. The van der Waals surface area contributed by atoms with Crippen LogP contribution >= 0.6 is 0 Å². The standard InChI is InChI=1S/C22H15F5N6O/c23-13-5-11(17-8-32(31-30-17)22(25,26)27)6-14(24)19(13)20-18(10-1-2-10)21(34)33(20)12-3-4-15-16(7-12)29-9-28-15/h3-10,18,20H,1-2H2,(H,28,29)/t18-,20?/m1/s1. The maximum atomic E-state index is 15.3. The van der Waals surface area contributed by atoms with Gasteiger partial charge in [-0.1, -0.05) is 5.21 Å². The minimum absolute atomic E-state index is 0.0368. The van der Waals surface area contributed by atoms with Gasteiger partial charge >= 0.3 is 6.30 Å². The zero-order valence-corrected chi connectivity index (χ0v) is 17.2. The summed E-state index contributed by atoms with van der Waals surface area (Å²) in [6.07, 6.45) is -1.16. The SMILES string of the molecule is O=C1[C@H](C2CC2)C(c2c(F)cc(-c3cn(C(F)(F)F)nn3)cc2F)N1c1ccc2nc[nH]c2c1. The number of amides is 1. The van der Waals surface area contributed by atoms with E-state index in [1.807, 2.05) is 0 Å². The lowest BCUT2D eigenvalue weighted by Gasteiger charge is -2.48. The second-order valence-corrected chi connectivity index (χ2v) is 8.49. The monoisotopic (exact) mass is 474 g/mol. The van der Waals surface area contributed by atoms with Crippen molar-refractivity contribution in [1.29, 1.82) is 0 Å². The van der Waals surface area contributed by atoms with Gasteiger partial charge in [0.1, 0.15) is 17.3 Å². The number of anilines is 1. The van der Waals surface area contributed by atoms with E-state index in [1.54, 1.807) is 18.2 Å². The van der Waals surface area contributed by atoms with Crippen LogP contribution in [0.25, 0.3) is 22.3 Å². The third-order valence-electron chi connectivity index (χ3n) is 6.38. The molecule has 12 heteroatoms. The zero-order valence-electron chi connectivity index (χ0n) is 17.2. The molecule has 6 rings (SSSR count). The Morgan fingerprint density at radius 1 is 1.06 bits per heavy atom. The van der Waals surface area contributed by atoms with E-state index in [0.717, 1.165) is 25.0 Å². The van der Waals surface area contributed by atoms with Crippen LogP contribution in [0.5, 0.6) is 0 Å². The molecule has 2 atom stereocenters. The quantitative estimate of drug-likeness (QED) is 0.344. The molecule has 0 radical (unpaired) electrons. The number of benzene rings is 2. The fourth-order valence-electron chi connectivity index (χ4n) is 4.63. The maximum absolute atomic E-state index is 15.3. The molecule has 1 unspecified atom stereocenters. The molecule has 0 bridgehead atoms. The number of imidazole rings is 1. The number of carbonyl (C=O) groups is 1. The molecule has 34 heavy (non-hydrogen) atoms. The highest BCUT2D eigenvalue weighted by molar-refractivity contribution is 6.04. The first-order valence-corrected chi connectivity index (χ1v) is 10.5. The number of carbonyl (C=O) groups excluding carboxylic acids is 1. The Bertz CT molecular complexity index is 1420. The van der Waals surface area contributed by atoms with E-state index in [4.69, 9.17) is 0 Å². The minimum atomic E-state index is -4.80. The molecule has 0 spiro atoms. The van der Waals surface area contributed by atoms with E-state index < -0.39 is 29.9 Å². The number of halogens is 5. The lowest BCUT2D eigenvalue weighted by Crippen LogP contribution is -2.56. The molecule has 2 fully saturated rings. The summed E-state index contributed by atoms with van der Waals surface area (Å²) in [4.78, 5) is 21.5. The second kappa shape index (κ2) is 7.08. The van der Waals surface area contributed by atoms with Crippen LogP contribution in [0, 0.1) is 23.5 Å². The van der Waals surface area contributed by atoms with E-state index in [0.29, 0.717) is 22.9 Å². The molecular formula is C22H15F5N6O. The van der Waals surface area contributed by atoms with Crippen molar-refractivity contribution in [3.8, 4) is 11.3 Å². The molecule has 1 N–H and O–H groups in total. The number of H-pyrrole nitrogens is 1. The van der Waals surface area contributed by atoms with Gasteiger partial charge in [0.2, 0.25) is 5.91 Å². The van der Waals surface area contributed by atoms with E-state index in [-0.39, 0.29) is 33.3 Å². The number of alkyl halides is 3. The van der Waals surface area contributed by atoms with Crippen LogP contribution in [-0.4, -0.2) is 30.9 Å². The van der Waals surface area contributed by atoms with Gasteiger partial charge in [-0.25, -0.2) is 13.8 Å². The highest BCUT2D eigenvalue weighted by Crippen LogP contribution is 2.55. The number of β-lactam (4-membered cyclic amide) rings is 1. The van der Waals surface area contributed by atoms with Crippen LogP contribution < -0.4 is 4.90 Å². The fourth-order valence-corrected chi connectivity index (χ4v) is 4.63. The van der Waals surface area contributed by atoms with Crippen LogP contribution in [0.2, 0.25) is 0 Å². The van der Waals surface area contributed by atoms with Crippen LogP contribution in [0.15, 0.2) is 42.9 Å². The van der Waals surface area contributed by atoms with Crippen molar-refractivity contribution in [3.05, 3.63) is 60.1 Å².